The van der Waals surface area contributed by atoms with Crippen molar-refractivity contribution in [3.05, 3.63) is 23.2 Å². The van der Waals surface area contributed by atoms with Crippen LogP contribution in [0.25, 0.3) is 0 Å². The van der Waals surface area contributed by atoms with Gasteiger partial charge in [-0.25, -0.2) is 13.8 Å². The van der Waals surface area contributed by atoms with Gasteiger partial charge in [0.2, 0.25) is 0 Å². The fraction of sp³-hybridized carbons (Fsp3) is 0.333. The molecule has 1 atom stereocenters. The van der Waals surface area contributed by atoms with Gasteiger partial charge in [0.25, 0.3) is 6.43 Å². The van der Waals surface area contributed by atoms with E-state index in [0.29, 0.717) is 0 Å². The van der Waals surface area contributed by atoms with Crippen LogP contribution in [0, 0.1) is 0 Å². The fourth-order valence-electron chi connectivity index (χ4n) is 0.623. The van der Waals surface area contributed by atoms with E-state index in [1.165, 1.54) is 6.20 Å². The maximum Gasteiger partial charge on any atom is 0.259 e. The van der Waals surface area contributed by atoms with Crippen LogP contribution in [0.4, 0.5) is 8.78 Å². The third-order valence-electron chi connectivity index (χ3n) is 1.25. The third kappa shape index (κ3) is 2.09. The second-order valence-corrected chi connectivity index (χ2v) is 2.51. The molecular formula is C6H6ClF2N3. The number of aromatic nitrogens is 2. The Morgan fingerprint density at radius 2 is 2.00 bits per heavy atom. The fourth-order valence-corrected chi connectivity index (χ4v) is 0.721. The monoisotopic (exact) mass is 193 g/mol. The molecule has 1 rings (SSSR count). The Kier molecular flexibility index (Phi) is 2.88. The van der Waals surface area contributed by atoms with Crippen molar-refractivity contribution in [3.63, 3.8) is 0 Å². The Labute approximate surface area is 72.6 Å². The maximum absolute atomic E-state index is 12.0. The van der Waals surface area contributed by atoms with E-state index in [4.69, 9.17) is 17.3 Å². The van der Waals surface area contributed by atoms with Crippen LogP contribution in [0.3, 0.4) is 0 Å². The quantitative estimate of drug-likeness (QED) is 0.773. The molecular weight excluding hydrogens is 188 g/mol. The molecule has 0 aliphatic rings. The maximum atomic E-state index is 12.0. The molecule has 6 heteroatoms. The van der Waals surface area contributed by atoms with Crippen LogP contribution < -0.4 is 5.73 Å². The topological polar surface area (TPSA) is 51.8 Å². The van der Waals surface area contributed by atoms with Crippen LogP contribution in [0.2, 0.25) is 5.15 Å². The first-order valence-electron chi connectivity index (χ1n) is 3.12. The first-order chi connectivity index (χ1) is 5.61. The molecule has 0 saturated heterocycles. The van der Waals surface area contributed by atoms with Crippen LogP contribution in [-0.4, -0.2) is 16.4 Å². The van der Waals surface area contributed by atoms with Gasteiger partial charge in [-0.3, -0.25) is 4.98 Å². The Morgan fingerprint density at radius 1 is 1.33 bits per heavy atom. The summed E-state index contributed by atoms with van der Waals surface area (Å²) in [4.78, 5) is 7.17. The van der Waals surface area contributed by atoms with Gasteiger partial charge in [0.05, 0.1) is 18.1 Å². The normalized spacial score (nSPS) is 13.4. The molecule has 0 aliphatic heterocycles. The number of nitrogens with two attached hydrogens (primary N) is 1. The Hall–Kier alpha value is -0.810. The summed E-state index contributed by atoms with van der Waals surface area (Å²) in [5.41, 5.74) is 5.13. The van der Waals surface area contributed by atoms with Crippen LogP contribution in [0.15, 0.2) is 12.4 Å². The van der Waals surface area contributed by atoms with E-state index in [9.17, 15) is 8.78 Å². The Morgan fingerprint density at radius 3 is 2.42 bits per heavy atom. The van der Waals surface area contributed by atoms with Crippen molar-refractivity contribution < 1.29 is 8.78 Å². The van der Waals surface area contributed by atoms with Crippen LogP contribution in [-0.2, 0) is 0 Å². The number of alkyl halides is 2. The average molecular weight is 194 g/mol. The standard InChI is InChI=1S/C6H6ClF2N3/c7-4-2-11-3(1-12-4)5(10)6(8)9/h1-2,5-6H,10H2. The molecule has 0 aromatic carbocycles. The van der Waals surface area contributed by atoms with Gasteiger partial charge < -0.3 is 5.73 Å². The molecule has 0 saturated carbocycles. The number of nitrogens with zero attached hydrogens (tertiary/aromatic N) is 2. The molecule has 0 radical (unpaired) electrons. The molecule has 0 spiro atoms. The molecule has 3 nitrogen and oxygen atoms in total. The zero-order chi connectivity index (χ0) is 9.14. The molecule has 2 N–H and O–H groups in total. The van der Waals surface area contributed by atoms with E-state index < -0.39 is 12.5 Å². The molecule has 12 heavy (non-hydrogen) atoms. The molecule has 1 heterocycles. The molecule has 1 aromatic rings. The second-order valence-electron chi connectivity index (χ2n) is 2.12. The minimum atomic E-state index is -2.64. The summed E-state index contributed by atoms with van der Waals surface area (Å²) in [6, 6.07) is -1.39. The summed E-state index contributed by atoms with van der Waals surface area (Å²) in [6.45, 7) is 0. The average Bonchev–Trinajstić information content (AvgIpc) is 2.04. The van der Waals surface area contributed by atoms with Gasteiger partial charge >= 0.3 is 0 Å². The highest BCUT2D eigenvalue weighted by Gasteiger charge is 2.18. The molecule has 1 unspecified atom stereocenters. The summed E-state index contributed by atoms with van der Waals surface area (Å²) < 4.78 is 24.0. The predicted molar refractivity (Wildman–Crippen MR) is 40.0 cm³/mol. The van der Waals surface area contributed by atoms with Gasteiger partial charge in [0, 0.05) is 0 Å². The zero-order valence-corrected chi connectivity index (χ0v) is 6.67. The van der Waals surface area contributed by atoms with E-state index in [0.717, 1.165) is 6.20 Å². The van der Waals surface area contributed by atoms with Gasteiger partial charge in [-0.1, -0.05) is 11.6 Å². The zero-order valence-electron chi connectivity index (χ0n) is 5.92. The van der Waals surface area contributed by atoms with E-state index in [1.54, 1.807) is 0 Å². The lowest BCUT2D eigenvalue weighted by Gasteiger charge is -2.07. The van der Waals surface area contributed by atoms with E-state index in [1.807, 2.05) is 0 Å². The third-order valence-corrected chi connectivity index (χ3v) is 1.45. The SMILES string of the molecule is NC(c1cnc(Cl)cn1)C(F)F. The number of hydrogen-bond donors (Lipinski definition) is 1. The van der Waals surface area contributed by atoms with Crippen molar-refractivity contribution in [1.82, 2.24) is 9.97 Å². The van der Waals surface area contributed by atoms with Crippen LogP contribution in [0.5, 0.6) is 0 Å². The lowest BCUT2D eigenvalue weighted by Crippen LogP contribution is -2.20. The van der Waals surface area contributed by atoms with Crippen molar-refractivity contribution >= 4 is 11.6 Å². The van der Waals surface area contributed by atoms with E-state index in [-0.39, 0.29) is 10.8 Å². The number of halogens is 3. The summed E-state index contributed by atoms with van der Waals surface area (Å²) in [7, 11) is 0. The van der Waals surface area contributed by atoms with Crippen LogP contribution in [0.1, 0.15) is 11.7 Å². The molecule has 0 aliphatic carbocycles. The lowest BCUT2D eigenvalue weighted by molar-refractivity contribution is 0.114. The summed E-state index contributed by atoms with van der Waals surface area (Å²) in [5.74, 6) is 0. The van der Waals surface area contributed by atoms with Crippen LogP contribution >= 0.6 is 11.6 Å². The minimum absolute atomic E-state index is 0.0365. The van der Waals surface area contributed by atoms with Gasteiger partial charge in [-0.05, 0) is 0 Å². The highest BCUT2D eigenvalue weighted by Crippen LogP contribution is 2.15. The van der Waals surface area contributed by atoms with Crippen molar-refractivity contribution in [1.29, 1.82) is 0 Å². The summed E-state index contributed by atoms with van der Waals surface area (Å²) >= 11 is 5.39. The first kappa shape index (κ1) is 9.28. The van der Waals surface area contributed by atoms with Crippen molar-refractivity contribution in [3.8, 4) is 0 Å². The molecule has 0 amide bonds. The molecule has 1 aromatic heterocycles. The Balaban J connectivity index is 2.82. The van der Waals surface area contributed by atoms with Crippen molar-refractivity contribution in [2.24, 2.45) is 5.73 Å². The largest absolute Gasteiger partial charge is 0.318 e. The first-order valence-corrected chi connectivity index (χ1v) is 3.50. The predicted octanol–water partition coefficient (Wildman–Crippen LogP) is 1.39. The highest BCUT2D eigenvalue weighted by atomic mass is 35.5. The number of rotatable bonds is 2. The minimum Gasteiger partial charge on any atom is -0.318 e. The molecule has 66 valence electrons. The molecule has 0 fully saturated rings. The highest BCUT2D eigenvalue weighted by molar-refractivity contribution is 6.29. The lowest BCUT2D eigenvalue weighted by atomic mass is 10.2. The number of hydrogen-bond acceptors (Lipinski definition) is 3. The van der Waals surface area contributed by atoms with E-state index in [2.05, 4.69) is 9.97 Å². The van der Waals surface area contributed by atoms with Gasteiger partial charge in [-0.2, -0.15) is 0 Å². The molecule has 0 bridgehead atoms. The van der Waals surface area contributed by atoms with Gasteiger partial charge in [-0.15, -0.1) is 0 Å². The smallest absolute Gasteiger partial charge is 0.259 e. The Bertz CT molecular complexity index is 251. The van der Waals surface area contributed by atoms with Crippen molar-refractivity contribution in [2.75, 3.05) is 0 Å². The van der Waals surface area contributed by atoms with Crippen molar-refractivity contribution in [2.45, 2.75) is 12.5 Å². The van der Waals surface area contributed by atoms with E-state index >= 15 is 0 Å². The van der Waals surface area contributed by atoms with Gasteiger partial charge in [0.1, 0.15) is 11.2 Å². The second kappa shape index (κ2) is 3.73. The van der Waals surface area contributed by atoms with Gasteiger partial charge in [0.15, 0.2) is 0 Å². The summed E-state index contributed by atoms with van der Waals surface area (Å²) in [5, 5.41) is 0.153. The summed E-state index contributed by atoms with van der Waals surface area (Å²) in [6.07, 6.45) is -0.321.